The Kier molecular flexibility index (Phi) is 2.52. The number of carboxylic acids is 1. The Morgan fingerprint density at radius 3 is 2.46 bits per heavy atom. The highest BCUT2D eigenvalue weighted by Crippen LogP contribution is 2.31. The standard InChI is InChI=1S/C9H10O3S/c1-4-3-6(9(11)12)8(13)7(10)5(4)2/h3,10,13H,1-2H3,(H,11,12). The van der Waals surface area contributed by atoms with E-state index in [2.05, 4.69) is 12.6 Å². The molecule has 0 aliphatic carbocycles. The van der Waals surface area contributed by atoms with E-state index in [1.165, 1.54) is 6.07 Å². The minimum absolute atomic E-state index is 0.0314. The summed E-state index contributed by atoms with van der Waals surface area (Å²) in [6, 6.07) is 1.50. The van der Waals surface area contributed by atoms with Gasteiger partial charge < -0.3 is 10.2 Å². The first-order valence-electron chi connectivity index (χ1n) is 3.70. The first kappa shape index (κ1) is 9.92. The number of thiol groups is 1. The lowest BCUT2D eigenvalue weighted by molar-refractivity contribution is 0.0692. The van der Waals surface area contributed by atoms with Crippen molar-refractivity contribution < 1.29 is 15.0 Å². The Bertz CT molecular complexity index is 372. The number of hydrogen-bond acceptors (Lipinski definition) is 3. The summed E-state index contributed by atoms with van der Waals surface area (Å²) in [4.78, 5) is 10.8. The molecule has 0 bridgehead atoms. The summed E-state index contributed by atoms with van der Waals surface area (Å²) in [5, 5.41) is 18.2. The Hall–Kier alpha value is -1.16. The van der Waals surface area contributed by atoms with Gasteiger partial charge in [0.15, 0.2) is 0 Å². The number of carbonyl (C=O) groups is 1. The molecule has 0 radical (unpaired) electrons. The molecule has 0 aliphatic rings. The second-order valence-electron chi connectivity index (χ2n) is 2.87. The molecule has 3 nitrogen and oxygen atoms in total. The lowest BCUT2D eigenvalue weighted by Crippen LogP contribution is -2.00. The van der Waals surface area contributed by atoms with Crippen LogP contribution in [0.25, 0.3) is 0 Å². The van der Waals surface area contributed by atoms with E-state index in [9.17, 15) is 9.90 Å². The van der Waals surface area contributed by atoms with Crippen LogP contribution >= 0.6 is 12.6 Å². The number of phenolic OH excluding ortho intramolecular Hbond substituents is 1. The maximum Gasteiger partial charge on any atom is 0.336 e. The van der Waals surface area contributed by atoms with Crippen molar-refractivity contribution in [1.29, 1.82) is 0 Å². The summed E-state index contributed by atoms with van der Waals surface area (Å²) < 4.78 is 0. The molecule has 0 atom stereocenters. The summed E-state index contributed by atoms with van der Waals surface area (Å²) >= 11 is 3.94. The largest absolute Gasteiger partial charge is 0.506 e. The molecule has 4 heteroatoms. The van der Waals surface area contributed by atoms with Crippen LogP contribution in [0.15, 0.2) is 11.0 Å². The Balaban J connectivity index is 3.50. The van der Waals surface area contributed by atoms with Crippen molar-refractivity contribution in [2.24, 2.45) is 0 Å². The number of carboxylic acid groups (broad SMARTS) is 1. The van der Waals surface area contributed by atoms with E-state index in [0.717, 1.165) is 5.56 Å². The van der Waals surface area contributed by atoms with Crippen LogP contribution in [0.4, 0.5) is 0 Å². The second-order valence-corrected chi connectivity index (χ2v) is 3.32. The first-order valence-corrected chi connectivity index (χ1v) is 4.15. The molecule has 0 amide bonds. The highest BCUT2D eigenvalue weighted by Gasteiger charge is 2.14. The van der Waals surface area contributed by atoms with Gasteiger partial charge in [0.25, 0.3) is 0 Å². The molecule has 0 spiro atoms. The van der Waals surface area contributed by atoms with Gasteiger partial charge in [0.1, 0.15) is 5.75 Å². The third-order valence-electron chi connectivity index (χ3n) is 2.02. The third kappa shape index (κ3) is 1.62. The van der Waals surface area contributed by atoms with Gasteiger partial charge in [0, 0.05) is 0 Å². The first-order chi connectivity index (χ1) is 5.95. The van der Waals surface area contributed by atoms with Gasteiger partial charge in [-0.05, 0) is 31.0 Å². The fraction of sp³-hybridized carbons (Fsp3) is 0.222. The van der Waals surface area contributed by atoms with E-state index < -0.39 is 5.97 Å². The molecule has 0 heterocycles. The van der Waals surface area contributed by atoms with Gasteiger partial charge in [0.2, 0.25) is 0 Å². The molecule has 1 aromatic carbocycles. The predicted molar refractivity (Wildman–Crippen MR) is 51.8 cm³/mol. The molecule has 70 valence electrons. The number of aryl methyl sites for hydroxylation is 1. The second kappa shape index (κ2) is 3.30. The number of benzene rings is 1. The molecule has 2 N–H and O–H groups in total. The van der Waals surface area contributed by atoms with E-state index in [4.69, 9.17) is 5.11 Å². The van der Waals surface area contributed by atoms with Crippen molar-refractivity contribution >= 4 is 18.6 Å². The van der Waals surface area contributed by atoms with Crippen LogP contribution in [-0.2, 0) is 0 Å². The average molecular weight is 198 g/mol. The van der Waals surface area contributed by atoms with Crippen molar-refractivity contribution in [3.63, 3.8) is 0 Å². The van der Waals surface area contributed by atoms with Gasteiger partial charge in [0.05, 0.1) is 10.5 Å². The number of rotatable bonds is 1. The van der Waals surface area contributed by atoms with Crippen molar-refractivity contribution in [3.05, 3.63) is 22.8 Å². The number of aromatic carboxylic acids is 1. The van der Waals surface area contributed by atoms with E-state index in [-0.39, 0.29) is 16.2 Å². The SMILES string of the molecule is Cc1cc(C(=O)O)c(S)c(O)c1C. The fourth-order valence-electron chi connectivity index (χ4n) is 1.05. The van der Waals surface area contributed by atoms with Crippen molar-refractivity contribution in [1.82, 2.24) is 0 Å². The topological polar surface area (TPSA) is 57.5 Å². The molecule has 0 saturated carbocycles. The maximum atomic E-state index is 10.7. The third-order valence-corrected chi connectivity index (χ3v) is 2.47. The Labute approximate surface area is 81.4 Å². The van der Waals surface area contributed by atoms with Crippen molar-refractivity contribution in [3.8, 4) is 5.75 Å². The summed E-state index contributed by atoms with van der Waals surface area (Å²) in [5.41, 5.74) is 1.44. The molecule has 1 rings (SSSR count). The highest BCUT2D eigenvalue weighted by molar-refractivity contribution is 7.80. The molecule has 0 saturated heterocycles. The van der Waals surface area contributed by atoms with Gasteiger partial charge in [-0.3, -0.25) is 0 Å². The van der Waals surface area contributed by atoms with Crippen LogP contribution in [-0.4, -0.2) is 16.2 Å². The molecule has 0 unspecified atom stereocenters. The van der Waals surface area contributed by atoms with Crippen molar-refractivity contribution in [2.45, 2.75) is 18.7 Å². The van der Waals surface area contributed by atoms with E-state index in [1.807, 2.05) is 0 Å². The molecule has 0 aromatic heterocycles. The van der Waals surface area contributed by atoms with E-state index in [0.29, 0.717) is 5.56 Å². The summed E-state index contributed by atoms with van der Waals surface area (Å²) in [5.74, 6) is -1.14. The molecular formula is C9H10O3S. The molecule has 1 aromatic rings. The fourth-order valence-corrected chi connectivity index (χ4v) is 1.38. The quantitative estimate of drug-likeness (QED) is 0.605. The zero-order valence-electron chi connectivity index (χ0n) is 7.33. The van der Waals surface area contributed by atoms with Crippen molar-refractivity contribution in [2.75, 3.05) is 0 Å². The van der Waals surface area contributed by atoms with E-state index >= 15 is 0 Å². The van der Waals surface area contributed by atoms with Crippen LogP contribution in [0.3, 0.4) is 0 Å². The van der Waals surface area contributed by atoms with Crippen LogP contribution in [0.1, 0.15) is 21.5 Å². The number of phenols is 1. The Morgan fingerprint density at radius 2 is 2.00 bits per heavy atom. The number of hydrogen-bond donors (Lipinski definition) is 3. The average Bonchev–Trinajstić information content (AvgIpc) is 2.07. The molecule has 0 aliphatic heterocycles. The van der Waals surface area contributed by atoms with Gasteiger partial charge in [-0.1, -0.05) is 0 Å². The van der Waals surface area contributed by atoms with Gasteiger partial charge in [-0.2, -0.15) is 0 Å². The lowest BCUT2D eigenvalue weighted by Gasteiger charge is -2.08. The van der Waals surface area contributed by atoms with Gasteiger partial charge in [-0.15, -0.1) is 12.6 Å². The minimum Gasteiger partial charge on any atom is -0.506 e. The van der Waals surface area contributed by atoms with Crippen LogP contribution < -0.4 is 0 Å². The summed E-state index contributed by atoms with van der Waals surface area (Å²) in [7, 11) is 0. The summed E-state index contributed by atoms with van der Waals surface area (Å²) in [6.07, 6.45) is 0. The van der Waals surface area contributed by atoms with Crippen LogP contribution in [0, 0.1) is 13.8 Å². The van der Waals surface area contributed by atoms with Gasteiger partial charge >= 0.3 is 5.97 Å². The molecular weight excluding hydrogens is 188 g/mol. The molecule has 0 fully saturated rings. The molecule has 13 heavy (non-hydrogen) atoms. The van der Waals surface area contributed by atoms with Crippen LogP contribution in [0.2, 0.25) is 0 Å². The minimum atomic E-state index is -1.08. The summed E-state index contributed by atoms with van der Waals surface area (Å²) in [6.45, 7) is 3.46. The van der Waals surface area contributed by atoms with E-state index in [1.54, 1.807) is 13.8 Å². The van der Waals surface area contributed by atoms with Crippen LogP contribution in [0.5, 0.6) is 5.75 Å². The van der Waals surface area contributed by atoms with Gasteiger partial charge in [-0.25, -0.2) is 4.79 Å². The zero-order chi connectivity index (χ0) is 10.2. The number of aromatic hydroxyl groups is 1. The highest BCUT2D eigenvalue weighted by atomic mass is 32.1. The monoisotopic (exact) mass is 198 g/mol. The normalized spacial score (nSPS) is 10.1. The maximum absolute atomic E-state index is 10.7. The smallest absolute Gasteiger partial charge is 0.336 e. The Morgan fingerprint density at radius 1 is 1.46 bits per heavy atom. The lowest BCUT2D eigenvalue weighted by atomic mass is 10.0. The predicted octanol–water partition coefficient (Wildman–Crippen LogP) is 2.00. The zero-order valence-corrected chi connectivity index (χ0v) is 8.22.